The highest BCUT2D eigenvalue weighted by Crippen LogP contribution is 2.29. The number of aryl methyl sites for hydroxylation is 2. The zero-order chi connectivity index (χ0) is 18.4. The van der Waals surface area contributed by atoms with E-state index < -0.39 is 6.43 Å². The van der Waals surface area contributed by atoms with Crippen LogP contribution < -0.4 is 5.56 Å². The summed E-state index contributed by atoms with van der Waals surface area (Å²) >= 11 is 0. The van der Waals surface area contributed by atoms with Gasteiger partial charge in [-0.3, -0.25) is 14.3 Å². The minimum atomic E-state index is -2.30. The van der Waals surface area contributed by atoms with Crippen molar-refractivity contribution in [3.05, 3.63) is 40.3 Å². The van der Waals surface area contributed by atoms with Crippen LogP contribution in [0.3, 0.4) is 0 Å². The van der Waals surface area contributed by atoms with Gasteiger partial charge < -0.3 is 0 Å². The molecule has 3 aromatic rings. The molecule has 1 aromatic carbocycles. The molecule has 4 rings (SSSR count). The van der Waals surface area contributed by atoms with Gasteiger partial charge in [0.25, 0.3) is 12.0 Å². The van der Waals surface area contributed by atoms with Crippen LogP contribution in [-0.4, -0.2) is 45.3 Å². The zero-order valence-electron chi connectivity index (χ0n) is 15.0. The Hall–Kier alpha value is -2.28. The van der Waals surface area contributed by atoms with Gasteiger partial charge in [0.1, 0.15) is 5.65 Å². The lowest BCUT2D eigenvalue weighted by atomic mass is 10.0. The van der Waals surface area contributed by atoms with Gasteiger partial charge in [0.2, 0.25) is 0 Å². The average molecular weight is 360 g/mol. The summed E-state index contributed by atoms with van der Waals surface area (Å²) in [6.45, 7) is 3.04. The molecular formula is C19H22F2N4O. The van der Waals surface area contributed by atoms with Crippen molar-refractivity contribution < 1.29 is 8.78 Å². The number of alkyl halides is 2. The van der Waals surface area contributed by atoms with Crippen LogP contribution in [0.5, 0.6) is 0 Å². The van der Waals surface area contributed by atoms with E-state index in [0.29, 0.717) is 18.5 Å². The zero-order valence-corrected chi connectivity index (χ0v) is 15.0. The minimum absolute atomic E-state index is 0.0342. The Bertz CT molecular complexity index is 1020. The Kier molecular flexibility index (Phi) is 4.26. The SMILES string of the molecule is Cc1ccc2c(c1)c(=O)n(C)c1c2cnn1C1CCN(CC(F)F)CC1. The molecule has 1 saturated heterocycles. The van der Waals surface area contributed by atoms with Crippen molar-refractivity contribution in [1.29, 1.82) is 0 Å². The molecule has 0 amide bonds. The van der Waals surface area contributed by atoms with Crippen LogP contribution in [0.1, 0.15) is 24.4 Å². The summed E-state index contributed by atoms with van der Waals surface area (Å²) in [5, 5.41) is 7.14. The van der Waals surface area contributed by atoms with Gasteiger partial charge >= 0.3 is 0 Å². The summed E-state index contributed by atoms with van der Waals surface area (Å²) in [5.41, 5.74) is 1.82. The Labute approximate surface area is 149 Å². The third kappa shape index (κ3) is 2.80. The molecule has 1 aliphatic rings. The first-order valence-electron chi connectivity index (χ1n) is 8.93. The van der Waals surface area contributed by atoms with Gasteiger partial charge in [-0.15, -0.1) is 0 Å². The van der Waals surface area contributed by atoms with E-state index in [9.17, 15) is 13.6 Å². The second kappa shape index (κ2) is 6.46. The third-order valence-corrected chi connectivity index (χ3v) is 5.39. The quantitative estimate of drug-likeness (QED) is 0.721. The number of likely N-dealkylation sites (tertiary alicyclic amines) is 1. The molecule has 0 saturated carbocycles. The van der Waals surface area contributed by atoms with E-state index in [-0.39, 0.29) is 18.1 Å². The first kappa shape index (κ1) is 17.1. The van der Waals surface area contributed by atoms with Crippen molar-refractivity contribution in [3.8, 4) is 0 Å². The lowest BCUT2D eigenvalue weighted by Gasteiger charge is -2.32. The minimum Gasteiger partial charge on any atom is -0.298 e. The summed E-state index contributed by atoms with van der Waals surface area (Å²) in [5.74, 6) is 0. The largest absolute Gasteiger partial charge is 0.298 e. The topological polar surface area (TPSA) is 43.1 Å². The molecule has 0 aliphatic carbocycles. The second-order valence-corrected chi connectivity index (χ2v) is 7.16. The molecular weight excluding hydrogens is 338 g/mol. The Morgan fingerprint density at radius 1 is 1.19 bits per heavy atom. The summed E-state index contributed by atoms with van der Waals surface area (Å²) in [7, 11) is 1.77. The number of fused-ring (bicyclic) bond motifs is 3. The van der Waals surface area contributed by atoms with Crippen LogP contribution in [0.4, 0.5) is 8.78 Å². The first-order valence-corrected chi connectivity index (χ1v) is 8.93. The molecule has 26 heavy (non-hydrogen) atoms. The van der Waals surface area contributed by atoms with Crippen LogP contribution >= 0.6 is 0 Å². The second-order valence-electron chi connectivity index (χ2n) is 7.16. The Morgan fingerprint density at radius 3 is 2.62 bits per heavy atom. The fraction of sp³-hybridized carbons (Fsp3) is 0.474. The number of piperidine rings is 1. The van der Waals surface area contributed by atoms with Crippen LogP contribution in [0, 0.1) is 6.92 Å². The summed E-state index contributed by atoms with van der Waals surface area (Å²) < 4.78 is 28.7. The highest BCUT2D eigenvalue weighted by molar-refractivity contribution is 6.04. The molecule has 0 unspecified atom stereocenters. The van der Waals surface area contributed by atoms with Crippen LogP contribution in [0.2, 0.25) is 0 Å². The van der Waals surface area contributed by atoms with Crippen molar-refractivity contribution in [1.82, 2.24) is 19.2 Å². The van der Waals surface area contributed by atoms with E-state index >= 15 is 0 Å². The first-order chi connectivity index (χ1) is 12.5. The fourth-order valence-electron chi connectivity index (χ4n) is 4.04. The molecule has 0 spiro atoms. The van der Waals surface area contributed by atoms with Crippen molar-refractivity contribution in [2.45, 2.75) is 32.2 Å². The van der Waals surface area contributed by atoms with E-state index in [0.717, 1.165) is 34.8 Å². The number of halogens is 2. The molecule has 1 fully saturated rings. The number of rotatable bonds is 3. The van der Waals surface area contributed by atoms with E-state index in [4.69, 9.17) is 0 Å². The van der Waals surface area contributed by atoms with Gasteiger partial charge in [-0.05, 0) is 31.2 Å². The van der Waals surface area contributed by atoms with Gasteiger partial charge in [-0.1, -0.05) is 17.7 Å². The molecule has 0 atom stereocenters. The summed E-state index contributed by atoms with van der Waals surface area (Å²) in [4.78, 5) is 14.6. The number of hydrogen-bond acceptors (Lipinski definition) is 3. The predicted octanol–water partition coefficient (Wildman–Crippen LogP) is 3.10. The van der Waals surface area contributed by atoms with E-state index in [1.807, 2.05) is 36.0 Å². The third-order valence-electron chi connectivity index (χ3n) is 5.39. The number of benzene rings is 1. The van der Waals surface area contributed by atoms with E-state index in [1.54, 1.807) is 16.5 Å². The number of nitrogens with zero attached hydrogens (tertiary/aromatic N) is 4. The smallest absolute Gasteiger partial charge is 0.259 e. The molecule has 2 aromatic heterocycles. The molecule has 3 heterocycles. The van der Waals surface area contributed by atoms with Crippen molar-refractivity contribution in [3.63, 3.8) is 0 Å². The average Bonchev–Trinajstić information content (AvgIpc) is 3.05. The van der Waals surface area contributed by atoms with Gasteiger partial charge in [0.15, 0.2) is 0 Å². The molecule has 1 aliphatic heterocycles. The van der Waals surface area contributed by atoms with Crippen molar-refractivity contribution >= 4 is 21.8 Å². The maximum absolute atomic E-state index is 12.8. The number of pyridine rings is 1. The standard InChI is InChI=1S/C19H22F2N4O/c1-12-3-4-14-15(9-12)19(26)23(2)18-16(14)10-22-25(18)13-5-7-24(8-6-13)11-17(20)21/h3-4,9-10,13,17H,5-8,11H2,1-2H3. The lowest BCUT2D eigenvalue weighted by Crippen LogP contribution is -2.38. The molecule has 0 bridgehead atoms. The molecule has 138 valence electrons. The van der Waals surface area contributed by atoms with Gasteiger partial charge in [-0.25, -0.2) is 13.5 Å². The van der Waals surface area contributed by atoms with Crippen LogP contribution in [0.15, 0.2) is 29.2 Å². The summed E-state index contributed by atoms with van der Waals surface area (Å²) in [6, 6.07) is 6.01. The van der Waals surface area contributed by atoms with Gasteiger partial charge in [0.05, 0.1) is 18.8 Å². The maximum Gasteiger partial charge on any atom is 0.259 e. The highest BCUT2D eigenvalue weighted by atomic mass is 19.3. The van der Waals surface area contributed by atoms with Gasteiger partial charge in [0, 0.05) is 30.9 Å². The number of aromatic nitrogens is 3. The Balaban J connectivity index is 1.75. The van der Waals surface area contributed by atoms with E-state index in [1.165, 1.54) is 0 Å². The monoisotopic (exact) mass is 360 g/mol. The normalized spacial score (nSPS) is 17.0. The number of hydrogen-bond donors (Lipinski definition) is 0. The molecule has 0 radical (unpaired) electrons. The predicted molar refractivity (Wildman–Crippen MR) is 97.9 cm³/mol. The molecule has 7 heteroatoms. The summed E-state index contributed by atoms with van der Waals surface area (Å²) in [6.07, 6.45) is 1.03. The van der Waals surface area contributed by atoms with E-state index in [2.05, 4.69) is 5.10 Å². The van der Waals surface area contributed by atoms with Crippen molar-refractivity contribution in [2.24, 2.45) is 7.05 Å². The van der Waals surface area contributed by atoms with Crippen LogP contribution in [0.25, 0.3) is 21.8 Å². The van der Waals surface area contributed by atoms with Crippen LogP contribution in [-0.2, 0) is 7.05 Å². The maximum atomic E-state index is 12.8. The lowest BCUT2D eigenvalue weighted by molar-refractivity contribution is 0.0693. The molecule has 0 N–H and O–H groups in total. The highest BCUT2D eigenvalue weighted by Gasteiger charge is 2.25. The van der Waals surface area contributed by atoms with Gasteiger partial charge in [-0.2, -0.15) is 5.10 Å². The molecule has 5 nitrogen and oxygen atoms in total. The van der Waals surface area contributed by atoms with Crippen molar-refractivity contribution in [2.75, 3.05) is 19.6 Å². The Morgan fingerprint density at radius 2 is 1.92 bits per heavy atom. The fourth-order valence-corrected chi connectivity index (χ4v) is 4.04.